The summed E-state index contributed by atoms with van der Waals surface area (Å²) in [4.78, 5) is 0. The van der Waals surface area contributed by atoms with Crippen molar-refractivity contribution < 1.29 is 24.4 Å². The van der Waals surface area contributed by atoms with Crippen LogP contribution in [0.3, 0.4) is 0 Å². The summed E-state index contributed by atoms with van der Waals surface area (Å²) < 4.78 is 15.9. The van der Waals surface area contributed by atoms with E-state index in [2.05, 4.69) is 27.7 Å². The molecule has 0 fully saturated rings. The number of aliphatic hydroxyl groups excluding tert-OH is 2. The molecule has 0 heterocycles. The number of rotatable bonds is 23. The number of unbranched alkanes of at least 4 members (excludes halogenated alkanes) is 4. The Morgan fingerprint density at radius 1 is 0.484 bits per heavy atom. The highest BCUT2D eigenvalue weighted by atomic mass is 16.5. The maximum atomic E-state index is 8.26. The second-order valence-electron chi connectivity index (χ2n) is 8.51. The van der Waals surface area contributed by atoms with Crippen molar-refractivity contribution in [2.75, 3.05) is 52.9 Å². The summed E-state index contributed by atoms with van der Waals surface area (Å²) in [7, 11) is 0. The Hall–Kier alpha value is -0.200. The van der Waals surface area contributed by atoms with E-state index < -0.39 is 0 Å². The summed E-state index contributed by atoms with van der Waals surface area (Å²) in [5.74, 6) is 1.61. The third-order valence-corrected chi connectivity index (χ3v) is 5.38. The summed E-state index contributed by atoms with van der Waals surface area (Å²) in [5, 5.41) is 16.5. The van der Waals surface area contributed by atoms with Gasteiger partial charge in [-0.2, -0.15) is 0 Å². The third-order valence-electron chi connectivity index (χ3n) is 5.38. The quantitative estimate of drug-likeness (QED) is 0.188. The van der Waals surface area contributed by atoms with Gasteiger partial charge < -0.3 is 24.4 Å². The van der Waals surface area contributed by atoms with Gasteiger partial charge in [-0.25, -0.2) is 0 Å². The molecule has 0 aliphatic heterocycles. The van der Waals surface area contributed by atoms with Gasteiger partial charge in [-0.05, 0) is 37.5 Å². The molecule has 0 aliphatic rings. The molecule has 0 saturated heterocycles. The Morgan fingerprint density at radius 3 is 1.23 bits per heavy atom. The van der Waals surface area contributed by atoms with Crippen molar-refractivity contribution in [1.29, 1.82) is 0 Å². The van der Waals surface area contributed by atoms with E-state index in [9.17, 15) is 0 Å². The lowest BCUT2D eigenvalue weighted by Gasteiger charge is -2.20. The first-order valence-corrected chi connectivity index (χ1v) is 13.1. The van der Waals surface area contributed by atoms with Crippen LogP contribution < -0.4 is 0 Å². The van der Waals surface area contributed by atoms with Gasteiger partial charge >= 0.3 is 0 Å². The molecule has 2 N–H and O–H groups in total. The second kappa shape index (κ2) is 29.8. The highest BCUT2D eigenvalue weighted by Gasteiger charge is 2.11. The smallest absolute Gasteiger partial charge is 0.0701 e. The Bertz CT molecular complexity index is 274. The molecule has 2 unspecified atom stereocenters. The fourth-order valence-electron chi connectivity index (χ4n) is 3.66. The maximum Gasteiger partial charge on any atom is 0.0701 e. The van der Waals surface area contributed by atoms with E-state index in [1.165, 1.54) is 77.0 Å². The van der Waals surface area contributed by atoms with E-state index in [1.807, 2.05) is 0 Å². The average molecular weight is 449 g/mol. The molecule has 0 aromatic carbocycles. The van der Waals surface area contributed by atoms with Gasteiger partial charge in [0.1, 0.15) is 0 Å². The number of hydrogen-bond donors (Lipinski definition) is 2. The minimum absolute atomic E-state index is 0.0417. The van der Waals surface area contributed by atoms with Crippen LogP contribution in [-0.2, 0) is 14.2 Å². The van der Waals surface area contributed by atoms with Gasteiger partial charge in [-0.15, -0.1) is 0 Å². The molecule has 0 spiro atoms. The molecule has 190 valence electrons. The molecular formula is C26H56O5. The van der Waals surface area contributed by atoms with E-state index in [0.29, 0.717) is 26.4 Å². The minimum Gasteiger partial charge on any atom is -0.394 e. The predicted octanol–water partition coefficient (Wildman–Crippen LogP) is 6.00. The van der Waals surface area contributed by atoms with Crippen molar-refractivity contribution in [1.82, 2.24) is 0 Å². The zero-order chi connectivity index (χ0) is 23.4. The van der Waals surface area contributed by atoms with E-state index in [0.717, 1.165) is 25.0 Å². The van der Waals surface area contributed by atoms with Crippen LogP contribution in [-0.4, -0.2) is 63.1 Å². The summed E-state index contributed by atoms with van der Waals surface area (Å²) in [6, 6.07) is 0. The fourth-order valence-corrected chi connectivity index (χ4v) is 3.66. The Kier molecular flexibility index (Phi) is 31.7. The van der Waals surface area contributed by atoms with Gasteiger partial charge in [-0.1, -0.05) is 79.1 Å². The Balaban J connectivity index is 0. The molecule has 2 atom stereocenters. The van der Waals surface area contributed by atoms with Crippen molar-refractivity contribution in [3.8, 4) is 0 Å². The van der Waals surface area contributed by atoms with E-state index >= 15 is 0 Å². The molecule has 0 radical (unpaired) electrons. The molecule has 0 rings (SSSR count). The Morgan fingerprint density at radius 2 is 0.903 bits per heavy atom. The van der Waals surface area contributed by atoms with E-state index in [4.69, 9.17) is 24.4 Å². The molecule has 0 amide bonds. The summed E-state index contributed by atoms with van der Waals surface area (Å²) in [6.45, 7) is 12.9. The van der Waals surface area contributed by atoms with Crippen LogP contribution in [0.5, 0.6) is 0 Å². The summed E-state index contributed by atoms with van der Waals surface area (Å²) in [5.41, 5.74) is 0. The zero-order valence-corrected chi connectivity index (χ0v) is 21.4. The predicted molar refractivity (Wildman–Crippen MR) is 132 cm³/mol. The number of ether oxygens (including phenoxy) is 3. The molecule has 0 bridgehead atoms. The third kappa shape index (κ3) is 27.8. The van der Waals surface area contributed by atoms with Gasteiger partial charge in [0.2, 0.25) is 0 Å². The average Bonchev–Trinajstić information content (AvgIpc) is 2.77. The van der Waals surface area contributed by atoms with E-state index in [1.54, 1.807) is 0 Å². The van der Waals surface area contributed by atoms with Gasteiger partial charge in [0.05, 0.1) is 39.6 Å². The topological polar surface area (TPSA) is 68.2 Å². The van der Waals surface area contributed by atoms with Crippen LogP contribution in [0.4, 0.5) is 0 Å². The van der Waals surface area contributed by atoms with Gasteiger partial charge in [0, 0.05) is 13.2 Å². The minimum atomic E-state index is 0.0417. The molecule has 5 heteroatoms. The fraction of sp³-hybridized carbons (Fsp3) is 1.00. The maximum absolute atomic E-state index is 8.26. The first-order valence-electron chi connectivity index (χ1n) is 13.1. The Labute approximate surface area is 194 Å². The summed E-state index contributed by atoms with van der Waals surface area (Å²) in [6.07, 6.45) is 16.2. The van der Waals surface area contributed by atoms with Crippen LogP contribution in [0.2, 0.25) is 0 Å². The number of aliphatic hydroxyl groups is 2. The SMILES string of the molecule is CCCCCC(CCC)COCC(CCC)CCCCC.OCCOCCOCCO. The van der Waals surface area contributed by atoms with Gasteiger partial charge in [0.15, 0.2) is 0 Å². The standard InChI is InChI=1S/C20H42O.C6H14O4/c1-5-9-11-15-19(13-7-3)17-21-18-20(14-8-4)16-12-10-6-2;7-1-3-9-5-6-10-4-2-8/h19-20H,5-18H2,1-4H3;7-8H,1-6H2. The molecule has 0 aromatic heterocycles. The van der Waals surface area contributed by atoms with Crippen LogP contribution in [0.25, 0.3) is 0 Å². The normalized spacial score (nSPS) is 13.0. The highest BCUT2D eigenvalue weighted by molar-refractivity contribution is 4.62. The van der Waals surface area contributed by atoms with Crippen molar-refractivity contribution >= 4 is 0 Å². The van der Waals surface area contributed by atoms with Crippen molar-refractivity contribution in [3.63, 3.8) is 0 Å². The van der Waals surface area contributed by atoms with Crippen LogP contribution in [0, 0.1) is 11.8 Å². The van der Waals surface area contributed by atoms with Crippen LogP contribution >= 0.6 is 0 Å². The van der Waals surface area contributed by atoms with Crippen LogP contribution in [0.15, 0.2) is 0 Å². The van der Waals surface area contributed by atoms with Gasteiger partial charge in [0.25, 0.3) is 0 Å². The monoisotopic (exact) mass is 448 g/mol. The largest absolute Gasteiger partial charge is 0.394 e. The van der Waals surface area contributed by atoms with Crippen molar-refractivity contribution in [2.45, 2.75) is 105 Å². The lowest BCUT2D eigenvalue weighted by Crippen LogP contribution is -2.15. The lowest BCUT2D eigenvalue weighted by molar-refractivity contribution is 0.0222. The molecule has 0 saturated carbocycles. The first-order chi connectivity index (χ1) is 15.2. The molecule has 0 aromatic rings. The molecular weight excluding hydrogens is 392 g/mol. The summed E-state index contributed by atoms with van der Waals surface area (Å²) >= 11 is 0. The lowest BCUT2D eigenvalue weighted by atomic mass is 9.96. The second-order valence-corrected chi connectivity index (χ2v) is 8.51. The zero-order valence-electron chi connectivity index (χ0n) is 21.4. The highest BCUT2D eigenvalue weighted by Crippen LogP contribution is 2.19. The molecule has 31 heavy (non-hydrogen) atoms. The number of hydrogen-bond acceptors (Lipinski definition) is 5. The van der Waals surface area contributed by atoms with Crippen LogP contribution in [0.1, 0.15) is 105 Å². The molecule has 5 nitrogen and oxygen atoms in total. The van der Waals surface area contributed by atoms with Crippen molar-refractivity contribution in [3.05, 3.63) is 0 Å². The van der Waals surface area contributed by atoms with E-state index in [-0.39, 0.29) is 13.2 Å². The molecule has 0 aliphatic carbocycles. The van der Waals surface area contributed by atoms with Crippen molar-refractivity contribution in [2.24, 2.45) is 11.8 Å². The van der Waals surface area contributed by atoms with Gasteiger partial charge in [-0.3, -0.25) is 0 Å². The first kappa shape index (κ1) is 33.0.